The lowest BCUT2D eigenvalue weighted by atomic mass is 10.2. The van der Waals surface area contributed by atoms with Crippen molar-refractivity contribution < 1.29 is 4.79 Å². The molecular formula is C18H27ClN4O. The largest absolute Gasteiger partial charge is 0.357 e. The zero-order valence-electron chi connectivity index (χ0n) is 14.6. The standard InChI is InChI=1S/C18H27ClN4O/c1-3-20-18(21-11-7-13-23-12-6-10-17(23)24)22(2)14-15-8-4-5-9-16(15)19/h4-5,8-9H,3,6-7,10-14H2,1-2H3,(H,20,21). The van der Waals surface area contributed by atoms with E-state index in [0.717, 1.165) is 49.0 Å². The van der Waals surface area contributed by atoms with Crippen LogP contribution in [0, 0.1) is 0 Å². The number of carbonyl (C=O) groups excluding carboxylic acids is 1. The highest BCUT2D eigenvalue weighted by atomic mass is 35.5. The van der Waals surface area contributed by atoms with Gasteiger partial charge in [-0.2, -0.15) is 0 Å². The molecule has 1 aromatic rings. The molecule has 2 rings (SSSR count). The van der Waals surface area contributed by atoms with E-state index in [0.29, 0.717) is 19.5 Å². The maximum Gasteiger partial charge on any atom is 0.222 e. The molecule has 1 fully saturated rings. The smallest absolute Gasteiger partial charge is 0.222 e. The highest BCUT2D eigenvalue weighted by Gasteiger charge is 2.19. The van der Waals surface area contributed by atoms with Crippen molar-refractivity contribution in [1.82, 2.24) is 15.1 Å². The molecule has 1 heterocycles. The second kappa shape index (κ2) is 9.52. The minimum Gasteiger partial charge on any atom is -0.357 e. The fraction of sp³-hybridized carbons (Fsp3) is 0.556. The number of hydrogen-bond donors (Lipinski definition) is 1. The van der Waals surface area contributed by atoms with Crippen LogP contribution in [0.3, 0.4) is 0 Å². The molecule has 0 aliphatic carbocycles. The minimum absolute atomic E-state index is 0.279. The summed E-state index contributed by atoms with van der Waals surface area (Å²) >= 11 is 6.24. The van der Waals surface area contributed by atoms with Gasteiger partial charge in [-0.15, -0.1) is 0 Å². The Bertz CT molecular complexity index is 576. The lowest BCUT2D eigenvalue weighted by Crippen LogP contribution is -2.38. The molecular weight excluding hydrogens is 324 g/mol. The Morgan fingerprint density at radius 1 is 1.42 bits per heavy atom. The van der Waals surface area contributed by atoms with Crippen LogP contribution in [0.25, 0.3) is 0 Å². The van der Waals surface area contributed by atoms with E-state index in [1.807, 2.05) is 36.2 Å². The van der Waals surface area contributed by atoms with Crippen molar-refractivity contribution in [1.29, 1.82) is 0 Å². The third-order valence-electron chi connectivity index (χ3n) is 4.08. The molecule has 0 radical (unpaired) electrons. The molecule has 132 valence electrons. The Morgan fingerprint density at radius 2 is 2.21 bits per heavy atom. The molecule has 1 aliphatic heterocycles. The lowest BCUT2D eigenvalue weighted by Gasteiger charge is -2.23. The first kappa shape index (κ1) is 18.6. The Kier molecular flexibility index (Phi) is 7.37. The number of nitrogens with one attached hydrogen (secondary N) is 1. The van der Waals surface area contributed by atoms with Crippen molar-refractivity contribution >= 4 is 23.5 Å². The van der Waals surface area contributed by atoms with Crippen LogP contribution >= 0.6 is 11.6 Å². The van der Waals surface area contributed by atoms with Gasteiger partial charge in [0.25, 0.3) is 0 Å². The summed E-state index contributed by atoms with van der Waals surface area (Å²) < 4.78 is 0. The molecule has 1 aliphatic rings. The highest BCUT2D eigenvalue weighted by molar-refractivity contribution is 6.31. The van der Waals surface area contributed by atoms with Crippen molar-refractivity contribution in [2.24, 2.45) is 4.99 Å². The molecule has 0 spiro atoms. The van der Waals surface area contributed by atoms with Gasteiger partial charge in [0.1, 0.15) is 0 Å². The van der Waals surface area contributed by atoms with Gasteiger partial charge in [-0.25, -0.2) is 0 Å². The van der Waals surface area contributed by atoms with Crippen molar-refractivity contribution in [2.45, 2.75) is 32.7 Å². The Labute approximate surface area is 149 Å². The molecule has 1 saturated heterocycles. The monoisotopic (exact) mass is 350 g/mol. The van der Waals surface area contributed by atoms with Crippen LogP contribution in [0.4, 0.5) is 0 Å². The fourth-order valence-electron chi connectivity index (χ4n) is 2.81. The summed E-state index contributed by atoms with van der Waals surface area (Å²) in [6.07, 6.45) is 2.58. The van der Waals surface area contributed by atoms with Gasteiger partial charge in [0, 0.05) is 51.2 Å². The van der Waals surface area contributed by atoms with E-state index in [1.54, 1.807) is 0 Å². The summed E-state index contributed by atoms with van der Waals surface area (Å²) in [7, 11) is 2.01. The number of aliphatic imine (C=N–C) groups is 1. The van der Waals surface area contributed by atoms with Crippen LogP contribution in [-0.2, 0) is 11.3 Å². The van der Waals surface area contributed by atoms with Gasteiger partial charge < -0.3 is 15.1 Å². The highest BCUT2D eigenvalue weighted by Crippen LogP contribution is 2.16. The van der Waals surface area contributed by atoms with Gasteiger partial charge in [-0.3, -0.25) is 9.79 Å². The quantitative estimate of drug-likeness (QED) is 0.467. The molecule has 0 bridgehead atoms. The Hall–Kier alpha value is -1.75. The Morgan fingerprint density at radius 3 is 2.88 bits per heavy atom. The number of likely N-dealkylation sites (tertiary alicyclic amines) is 1. The van der Waals surface area contributed by atoms with Crippen LogP contribution in [0.2, 0.25) is 5.02 Å². The van der Waals surface area contributed by atoms with E-state index in [4.69, 9.17) is 11.6 Å². The number of nitrogens with zero attached hydrogens (tertiary/aromatic N) is 3. The summed E-state index contributed by atoms with van der Waals surface area (Å²) in [5.74, 6) is 1.15. The predicted molar refractivity (Wildman–Crippen MR) is 99.3 cm³/mol. The fourth-order valence-corrected chi connectivity index (χ4v) is 3.01. The van der Waals surface area contributed by atoms with Crippen molar-refractivity contribution in [3.8, 4) is 0 Å². The van der Waals surface area contributed by atoms with Gasteiger partial charge in [0.15, 0.2) is 5.96 Å². The molecule has 24 heavy (non-hydrogen) atoms. The number of benzene rings is 1. The van der Waals surface area contributed by atoms with E-state index in [2.05, 4.69) is 22.1 Å². The van der Waals surface area contributed by atoms with Gasteiger partial charge >= 0.3 is 0 Å². The van der Waals surface area contributed by atoms with Crippen LogP contribution in [0.1, 0.15) is 31.7 Å². The van der Waals surface area contributed by atoms with E-state index in [9.17, 15) is 4.79 Å². The third-order valence-corrected chi connectivity index (χ3v) is 4.45. The first-order chi connectivity index (χ1) is 11.6. The average Bonchev–Trinajstić information content (AvgIpc) is 2.97. The third kappa shape index (κ3) is 5.41. The van der Waals surface area contributed by atoms with Gasteiger partial charge in [0.2, 0.25) is 5.91 Å². The molecule has 5 nitrogen and oxygen atoms in total. The van der Waals surface area contributed by atoms with Crippen molar-refractivity contribution in [3.63, 3.8) is 0 Å². The second-order valence-electron chi connectivity index (χ2n) is 6.02. The van der Waals surface area contributed by atoms with Crippen LogP contribution in [0.15, 0.2) is 29.3 Å². The number of hydrogen-bond acceptors (Lipinski definition) is 2. The maximum atomic E-state index is 11.6. The predicted octanol–water partition coefficient (Wildman–Crippen LogP) is 2.75. The molecule has 0 saturated carbocycles. The number of rotatable bonds is 7. The molecule has 0 unspecified atom stereocenters. The summed E-state index contributed by atoms with van der Waals surface area (Å²) in [5.41, 5.74) is 1.08. The molecule has 1 amide bonds. The maximum absolute atomic E-state index is 11.6. The van der Waals surface area contributed by atoms with Gasteiger partial charge in [-0.1, -0.05) is 29.8 Å². The molecule has 1 aromatic carbocycles. The Balaban J connectivity index is 1.87. The number of amides is 1. The van der Waals surface area contributed by atoms with Crippen molar-refractivity contribution in [2.75, 3.05) is 33.2 Å². The van der Waals surface area contributed by atoms with Gasteiger partial charge in [-0.05, 0) is 31.4 Å². The van der Waals surface area contributed by atoms with Crippen molar-refractivity contribution in [3.05, 3.63) is 34.9 Å². The summed E-state index contributed by atoms with van der Waals surface area (Å²) in [6.45, 7) is 5.98. The summed E-state index contributed by atoms with van der Waals surface area (Å²) in [6, 6.07) is 7.86. The normalized spacial score (nSPS) is 15.0. The number of guanidine groups is 1. The average molecular weight is 351 g/mol. The summed E-state index contributed by atoms with van der Waals surface area (Å²) in [5, 5.41) is 4.08. The lowest BCUT2D eigenvalue weighted by molar-refractivity contribution is -0.127. The zero-order chi connectivity index (χ0) is 17.4. The van der Waals surface area contributed by atoms with E-state index in [-0.39, 0.29) is 5.91 Å². The first-order valence-electron chi connectivity index (χ1n) is 8.62. The summed E-state index contributed by atoms with van der Waals surface area (Å²) in [4.78, 5) is 20.3. The van der Waals surface area contributed by atoms with Crippen LogP contribution < -0.4 is 5.32 Å². The number of halogens is 1. The SMILES string of the molecule is CCNC(=NCCCN1CCCC1=O)N(C)Cc1ccccc1Cl. The zero-order valence-corrected chi connectivity index (χ0v) is 15.4. The van der Waals surface area contributed by atoms with E-state index in [1.165, 1.54) is 0 Å². The second-order valence-corrected chi connectivity index (χ2v) is 6.43. The van der Waals surface area contributed by atoms with Crippen LogP contribution in [-0.4, -0.2) is 54.9 Å². The molecule has 1 N–H and O–H groups in total. The topological polar surface area (TPSA) is 47.9 Å². The molecule has 0 aromatic heterocycles. The van der Waals surface area contributed by atoms with Crippen LogP contribution in [0.5, 0.6) is 0 Å². The first-order valence-corrected chi connectivity index (χ1v) is 9.00. The van der Waals surface area contributed by atoms with E-state index < -0.39 is 0 Å². The molecule has 0 atom stereocenters. The molecule has 6 heteroatoms. The van der Waals surface area contributed by atoms with E-state index >= 15 is 0 Å². The van der Waals surface area contributed by atoms with Gasteiger partial charge in [0.05, 0.1) is 0 Å². The number of carbonyl (C=O) groups is 1. The minimum atomic E-state index is 0.279.